The molecule has 2 aliphatic heterocycles. The van der Waals surface area contributed by atoms with Gasteiger partial charge in [0.05, 0.1) is 0 Å². The number of piperidine rings is 1. The van der Waals surface area contributed by atoms with Crippen molar-refractivity contribution in [1.29, 1.82) is 0 Å². The van der Waals surface area contributed by atoms with Crippen LogP contribution in [0.25, 0.3) is 0 Å². The Labute approximate surface area is 176 Å². The molecule has 2 heterocycles. The summed E-state index contributed by atoms with van der Waals surface area (Å²) < 4.78 is 18.4. The Morgan fingerprint density at radius 3 is 1.93 bits per heavy atom. The molecule has 8 heteroatoms. The van der Waals surface area contributed by atoms with Gasteiger partial charge >= 0.3 is 6.09 Å². The second-order valence-electron chi connectivity index (χ2n) is 8.87. The van der Waals surface area contributed by atoms with E-state index in [4.69, 9.17) is 4.74 Å². The first kappa shape index (κ1) is 22.1. The molecule has 2 fully saturated rings. The number of piperazine rings is 1. The third kappa shape index (κ3) is 5.49. The summed E-state index contributed by atoms with van der Waals surface area (Å²) in [5.41, 5.74) is -0.0805. The standard InChI is InChI=1S/C22H30FN3O4/c1-22(2,3)30-21(29)26-14-12-25(13-15-26)20(28)17-8-10-24(11-9-17)19(27)16-4-6-18(23)7-5-16/h4-7,17H,8-15H2,1-3H3. The van der Waals surface area contributed by atoms with E-state index in [1.807, 2.05) is 25.7 Å². The highest BCUT2D eigenvalue weighted by Gasteiger charge is 2.33. The van der Waals surface area contributed by atoms with Crippen molar-refractivity contribution >= 4 is 17.9 Å². The minimum Gasteiger partial charge on any atom is -0.444 e. The summed E-state index contributed by atoms with van der Waals surface area (Å²) >= 11 is 0. The number of hydrogen-bond acceptors (Lipinski definition) is 4. The smallest absolute Gasteiger partial charge is 0.410 e. The fourth-order valence-electron chi connectivity index (χ4n) is 3.80. The maximum absolute atomic E-state index is 13.1. The number of likely N-dealkylation sites (tertiary alicyclic amines) is 1. The van der Waals surface area contributed by atoms with Gasteiger partial charge in [-0.3, -0.25) is 9.59 Å². The third-order valence-corrected chi connectivity index (χ3v) is 5.47. The van der Waals surface area contributed by atoms with Crippen molar-refractivity contribution in [3.05, 3.63) is 35.6 Å². The highest BCUT2D eigenvalue weighted by molar-refractivity contribution is 5.94. The van der Waals surface area contributed by atoms with E-state index in [0.29, 0.717) is 57.7 Å². The van der Waals surface area contributed by atoms with Crippen LogP contribution in [0, 0.1) is 11.7 Å². The molecule has 2 aliphatic rings. The molecule has 3 amide bonds. The topological polar surface area (TPSA) is 70.2 Å². The molecule has 2 saturated heterocycles. The number of nitrogens with zero attached hydrogens (tertiary/aromatic N) is 3. The van der Waals surface area contributed by atoms with E-state index in [-0.39, 0.29) is 29.6 Å². The largest absolute Gasteiger partial charge is 0.444 e. The highest BCUT2D eigenvalue weighted by Crippen LogP contribution is 2.22. The number of carbonyl (C=O) groups is 3. The molecule has 0 radical (unpaired) electrons. The van der Waals surface area contributed by atoms with Gasteiger partial charge in [-0.1, -0.05) is 0 Å². The van der Waals surface area contributed by atoms with Crippen LogP contribution in [0.5, 0.6) is 0 Å². The van der Waals surface area contributed by atoms with Crippen molar-refractivity contribution in [3.63, 3.8) is 0 Å². The van der Waals surface area contributed by atoms with Gasteiger partial charge in [0.25, 0.3) is 5.91 Å². The minimum atomic E-state index is -0.538. The van der Waals surface area contributed by atoms with Crippen LogP contribution in [0.1, 0.15) is 44.0 Å². The first-order valence-electron chi connectivity index (χ1n) is 10.5. The second-order valence-corrected chi connectivity index (χ2v) is 8.87. The predicted molar refractivity (Wildman–Crippen MR) is 109 cm³/mol. The van der Waals surface area contributed by atoms with Crippen LogP contribution in [0.15, 0.2) is 24.3 Å². The van der Waals surface area contributed by atoms with Crippen molar-refractivity contribution < 1.29 is 23.5 Å². The lowest BCUT2D eigenvalue weighted by Crippen LogP contribution is -2.53. The van der Waals surface area contributed by atoms with Gasteiger partial charge in [-0.15, -0.1) is 0 Å². The molecule has 0 unspecified atom stereocenters. The van der Waals surface area contributed by atoms with Gasteiger partial charge in [0, 0.05) is 50.7 Å². The lowest BCUT2D eigenvalue weighted by molar-refractivity contribution is -0.138. The van der Waals surface area contributed by atoms with Crippen LogP contribution in [-0.2, 0) is 9.53 Å². The number of amides is 3. The zero-order chi connectivity index (χ0) is 21.9. The summed E-state index contributed by atoms with van der Waals surface area (Å²) in [5, 5.41) is 0. The Hall–Kier alpha value is -2.64. The molecule has 0 N–H and O–H groups in total. The summed E-state index contributed by atoms with van der Waals surface area (Å²) in [5.74, 6) is -0.530. The van der Waals surface area contributed by atoms with E-state index in [1.165, 1.54) is 24.3 Å². The number of ether oxygens (including phenoxy) is 1. The number of benzene rings is 1. The van der Waals surface area contributed by atoms with Crippen molar-refractivity contribution in [2.45, 2.75) is 39.2 Å². The van der Waals surface area contributed by atoms with Gasteiger partial charge < -0.3 is 19.4 Å². The molecule has 0 spiro atoms. The molecular formula is C22H30FN3O4. The SMILES string of the molecule is CC(C)(C)OC(=O)N1CCN(C(=O)C2CCN(C(=O)c3ccc(F)cc3)CC2)CC1. The zero-order valence-electron chi connectivity index (χ0n) is 17.9. The van der Waals surface area contributed by atoms with Gasteiger partial charge in [0.15, 0.2) is 0 Å². The van der Waals surface area contributed by atoms with E-state index in [2.05, 4.69) is 0 Å². The molecular weight excluding hydrogens is 389 g/mol. The number of carbonyl (C=O) groups excluding carboxylic acids is 3. The monoisotopic (exact) mass is 419 g/mol. The minimum absolute atomic E-state index is 0.0905. The Morgan fingerprint density at radius 1 is 0.867 bits per heavy atom. The Balaban J connectivity index is 1.46. The van der Waals surface area contributed by atoms with Gasteiger partial charge in [-0.25, -0.2) is 9.18 Å². The molecule has 1 aromatic carbocycles. The van der Waals surface area contributed by atoms with Crippen LogP contribution in [0.4, 0.5) is 9.18 Å². The van der Waals surface area contributed by atoms with Crippen molar-refractivity contribution in [2.24, 2.45) is 5.92 Å². The molecule has 0 saturated carbocycles. The Bertz CT molecular complexity index is 775. The zero-order valence-corrected chi connectivity index (χ0v) is 17.9. The molecule has 0 aromatic heterocycles. The maximum Gasteiger partial charge on any atom is 0.410 e. The molecule has 1 aromatic rings. The Morgan fingerprint density at radius 2 is 1.40 bits per heavy atom. The van der Waals surface area contributed by atoms with Crippen LogP contribution >= 0.6 is 0 Å². The fraction of sp³-hybridized carbons (Fsp3) is 0.591. The first-order valence-corrected chi connectivity index (χ1v) is 10.5. The van der Waals surface area contributed by atoms with Crippen LogP contribution in [0.3, 0.4) is 0 Å². The summed E-state index contributed by atoms with van der Waals surface area (Å²) in [4.78, 5) is 42.8. The highest BCUT2D eigenvalue weighted by atomic mass is 19.1. The molecule has 0 atom stereocenters. The Kier molecular flexibility index (Phi) is 6.63. The van der Waals surface area contributed by atoms with Gasteiger partial charge in [0.2, 0.25) is 5.91 Å². The fourth-order valence-corrected chi connectivity index (χ4v) is 3.80. The van der Waals surface area contributed by atoms with Gasteiger partial charge in [-0.05, 0) is 57.9 Å². The molecule has 7 nitrogen and oxygen atoms in total. The van der Waals surface area contributed by atoms with Crippen LogP contribution < -0.4 is 0 Å². The van der Waals surface area contributed by atoms with E-state index in [9.17, 15) is 18.8 Å². The number of hydrogen-bond donors (Lipinski definition) is 0. The number of halogens is 1. The van der Waals surface area contributed by atoms with Crippen LogP contribution in [-0.4, -0.2) is 77.5 Å². The molecule has 0 aliphatic carbocycles. The third-order valence-electron chi connectivity index (χ3n) is 5.47. The molecule has 164 valence electrons. The van der Waals surface area contributed by atoms with Gasteiger partial charge in [0.1, 0.15) is 11.4 Å². The molecule has 30 heavy (non-hydrogen) atoms. The van der Waals surface area contributed by atoms with E-state index in [0.717, 1.165) is 0 Å². The van der Waals surface area contributed by atoms with E-state index < -0.39 is 5.60 Å². The molecule has 3 rings (SSSR count). The average molecular weight is 419 g/mol. The molecule has 0 bridgehead atoms. The average Bonchev–Trinajstić information content (AvgIpc) is 2.72. The van der Waals surface area contributed by atoms with Crippen molar-refractivity contribution in [2.75, 3.05) is 39.3 Å². The maximum atomic E-state index is 13.1. The van der Waals surface area contributed by atoms with Crippen molar-refractivity contribution in [3.8, 4) is 0 Å². The number of rotatable bonds is 2. The van der Waals surface area contributed by atoms with E-state index in [1.54, 1.807) is 9.80 Å². The summed E-state index contributed by atoms with van der Waals surface area (Å²) in [6.07, 6.45) is 0.873. The first-order chi connectivity index (χ1) is 14.1. The normalized spacial score (nSPS) is 18.3. The summed E-state index contributed by atoms with van der Waals surface area (Å²) in [7, 11) is 0. The summed E-state index contributed by atoms with van der Waals surface area (Å²) in [6, 6.07) is 5.53. The van der Waals surface area contributed by atoms with Crippen LogP contribution in [0.2, 0.25) is 0 Å². The van der Waals surface area contributed by atoms with Gasteiger partial charge in [-0.2, -0.15) is 0 Å². The van der Waals surface area contributed by atoms with E-state index >= 15 is 0 Å². The predicted octanol–water partition coefficient (Wildman–Crippen LogP) is 2.76. The summed E-state index contributed by atoms with van der Waals surface area (Å²) in [6.45, 7) is 8.41. The van der Waals surface area contributed by atoms with Crippen molar-refractivity contribution in [1.82, 2.24) is 14.7 Å². The second kappa shape index (κ2) is 9.02. The quantitative estimate of drug-likeness (QED) is 0.739. The lowest BCUT2D eigenvalue weighted by Gasteiger charge is -2.38. The lowest BCUT2D eigenvalue weighted by atomic mass is 9.94.